The number of phenols is 4. The van der Waals surface area contributed by atoms with Gasteiger partial charge in [0, 0.05) is 23.0 Å². The Morgan fingerprint density at radius 2 is 0.950 bits per heavy atom. The van der Waals surface area contributed by atoms with Crippen molar-refractivity contribution in [2.45, 2.75) is 154 Å². The number of aliphatic hydroxyl groups is 2. The fourth-order valence-electron chi connectivity index (χ4n) is 9.25. The number of hydrogen-bond acceptors (Lipinski definition) is 9. The topological polar surface area (TPSA) is 160 Å². The van der Waals surface area contributed by atoms with Gasteiger partial charge in [-0.25, -0.2) is 0 Å². The van der Waals surface area contributed by atoms with E-state index in [4.69, 9.17) is 9.68 Å². The zero-order chi connectivity index (χ0) is 44.2. The summed E-state index contributed by atoms with van der Waals surface area (Å²) in [6.45, 7) is 21.2. The van der Waals surface area contributed by atoms with Gasteiger partial charge in [0.2, 0.25) is 0 Å². The largest absolute Gasteiger partial charge is 0.507 e. The molecule has 0 radical (unpaired) electrons. The van der Waals surface area contributed by atoms with E-state index in [1.807, 2.05) is 26.0 Å². The number of rotatable bonds is 24. The van der Waals surface area contributed by atoms with Crippen molar-refractivity contribution in [2.75, 3.05) is 26.4 Å². The van der Waals surface area contributed by atoms with Crippen LogP contribution in [0.15, 0.2) is 71.9 Å². The molecule has 0 heterocycles. The second-order valence-electron chi connectivity index (χ2n) is 18.8. The summed E-state index contributed by atoms with van der Waals surface area (Å²) in [4.78, 5) is 22.5. The number of aromatic hydroxyl groups is 4. The average molecular weight is 833 g/mol. The highest BCUT2D eigenvalue weighted by Crippen LogP contribution is 2.49. The first-order valence-electron chi connectivity index (χ1n) is 22.2. The smallest absolute Gasteiger partial charge is 0.477 e. The van der Waals surface area contributed by atoms with Crippen molar-refractivity contribution in [1.29, 1.82) is 0 Å². The van der Waals surface area contributed by atoms with Crippen molar-refractivity contribution in [1.82, 2.24) is 0 Å². The van der Waals surface area contributed by atoms with Gasteiger partial charge in [-0.2, -0.15) is 9.68 Å². The molecule has 0 spiro atoms. The number of nitrogens with zero attached hydrogens (tertiary/aromatic N) is 1. The molecule has 2 aromatic carbocycles. The molecule has 0 bridgehead atoms. The third-order valence-corrected chi connectivity index (χ3v) is 13.2. The van der Waals surface area contributed by atoms with Crippen LogP contribution < -0.4 is 0 Å². The summed E-state index contributed by atoms with van der Waals surface area (Å²) >= 11 is 0. The lowest BCUT2D eigenvalue weighted by Crippen LogP contribution is -2.20. The predicted molar refractivity (Wildman–Crippen MR) is 238 cm³/mol. The number of aliphatic hydroxyl groups excluding tert-OH is 2. The van der Waals surface area contributed by atoms with Crippen LogP contribution >= 0.6 is 0 Å². The Morgan fingerprint density at radius 1 is 0.617 bits per heavy atom. The van der Waals surface area contributed by atoms with Crippen LogP contribution in [0.25, 0.3) is 0 Å². The maximum atomic E-state index is 12.1. The molecule has 0 saturated heterocycles. The van der Waals surface area contributed by atoms with E-state index in [-0.39, 0.29) is 89.0 Å². The van der Waals surface area contributed by atoms with Gasteiger partial charge >= 0.3 is 5.09 Å². The van der Waals surface area contributed by atoms with Crippen molar-refractivity contribution in [2.24, 2.45) is 11.8 Å². The maximum Gasteiger partial charge on any atom is 0.477 e. The maximum absolute atomic E-state index is 12.1. The molecule has 2 aliphatic carbocycles. The SMILES string of the molecule is C=C(C)[C@H]1CCC(CO)=C[C@@H]1c1c(O)cc(C(C)(C)CCCCCCO[N+](=O)OCCCCCCC(C)(C)c2cc(O)c([C@H]3C=C(CO)CC[C@@H]3C(=C)C)c(O)c2)cc1O. The first-order valence-corrected chi connectivity index (χ1v) is 22.2. The lowest BCUT2D eigenvalue weighted by molar-refractivity contribution is -0.981. The van der Waals surface area contributed by atoms with E-state index < -0.39 is 0 Å². The van der Waals surface area contributed by atoms with E-state index in [1.165, 1.54) is 0 Å². The molecule has 2 aromatic rings. The zero-order valence-corrected chi connectivity index (χ0v) is 37.3. The minimum atomic E-state index is -0.276. The van der Waals surface area contributed by atoms with Crippen LogP contribution in [0.3, 0.4) is 0 Å². The van der Waals surface area contributed by atoms with Crippen molar-refractivity contribution < 1.29 is 45.4 Å². The highest BCUT2D eigenvalue weighted by atomic mass is 17.0. The van der Waals surface area contributed by atoms with E-state index in [2.05, 4.69) is 40.9 Å². The van der Waals surface area contributed by atoms with Gasteiger partial charge in [0.05, 0.1) is 13.2 Å². The van der Waals surface area contributed by atoms with Gasteiger partial charge in [-0.3, -0.25) is 0 Å². The molecule has 6 N–H and O–H groups in total. The molecule has 60 heavy (non-hydrogen) atoms. The molecule has 0 aliphatic heterocycles. The molecule has 4 atom stereocenters. The van der Waals surface area contributed by atoms with Crippen LogP contribution in [-0.4, -0.2) is 62.2 Å². The molecule has 0 unspecified atom stereocenters. The van der Waals surface area contributed by atoms with Crippen molar-refractivity contribution in [3.05, 3.63) is 99.0 Å². The van der Waals surface area contributed by atoms with Gasteiger partial charge in [-0.15, -0.1) is 0 Å². The molecule has 2 aliphatic rings. The standard InChI is InChI=1S/C50H73NO9/c1-33(2)39-19-17-35(31-52)25-41(39)47-43(54)27-37(28-44(47)55)49(5,6)21-13-9-11-15-23-59-51(58)60-24-16-12-10-14-22-50(7,8)38-29-45(56)48(46(57)30-38)42-26-36(32-53)18-20-40(42)34(3)4/h25-30,39-42,52-53H,1,3,9-24,31-32H2,2,4-8H3,(H3-,54,55,56,57)/p+1/t39-,40-,41+,42+/m1/s1. The Kier molecular flexibility index (Phi) is 17.7. The first kappa shape index (κ1) is 48.4. The summed E-state index contributed by atoms with van der Waals surface area (Å²) in [5.74, 6) is -0.0442. The van der Waals surface area contributed by atoms with Crippen LogP contribution in [0.4, 0.5) is 0 Å². The van der Waals surface area contributed by atoms with Crippen molar-refractivity contribution in [3.63, 3.8) is 0 Å². The summed E-state index contributed by atoms with van der Waals surface area (Å²) in [7, 11) is 0. The van der Waals surface area contributed by atoms with Crippen molar-refractivity contribution in [3.8, 4) is 23.0 Å². The van der Waals surface area contributed by atoms with E-state index in [0.29, 0.717) is 11.1 Å². The second-order valence-corrected chi connectivity index (χ2v) is 18.8. The predicted octanol–water partition coefficient (Wildman–Crippen LogP) is 11.3. The molecular formula is C50H74NO9+. The summed E-state index contributed by atoms with van der Waals surface area (Å²) in [6.07, 6.45) is 15.8. The number of hydrogen-bond donors (Lipinski definition) is 6. The van der Waals surface area contributed by atoms with Gasteiger partial charge in [0.15, 0.2) is 13.2 Å². The van der Waals surface area contributed by atoms with E-state index in [9.17, 15) is 35.5 Å². The summed E-state index contributed by atoms with van der Waals surface area (Å²) in [6, 6.07) is 7.09. The zero-order valence-electron chi connectivity index (χ0n) is 37.3. The quantitative estimate of drug-likeness (QED) is 0.0344. The van der Waals surface area contributed by atoms with Crippen LogP contribution in [0.5, 0.6) is 23.0 Å². The molecule has 10 nitrogen and oxygen atoms in total. The number of allylic oxidation sites excluding steroid dienone is 4. The summed E-state index contributed by atoms with van der Waals surface area (Å²) in [5.41, 5.74) is 5.99. The molecule has 10 heteroatoms. The van der Waals surface area contributed by atoms with Crippen LogP contribution in [0.1, 0.15) is 166 Å². The third-order valence-electron chi connectivity index (χ3n) is 13.2. The fourth-order valence-corrected chi connectivity index (χ4v) is 9.25. The molecular weight excluding hydrogens is 759 g/mol. The van der Waals surface area contributed by atoms with Gasteiger partial charge in [0.25, 0.3) is 0 Å². The Hall–Kier alpha value is -4.28. The van der Waals surface area contributed by atoms with Crippen LogP contribution in [0.2, 0.25) is 0 Å². The number of phenolic OH excluding ortho intramolecular Hbond substituents is 4. The molecule has 4 rings (SSSR count). The third kappa shape index (κ3) is 12.9. The van der Waals surface area contributed by atoms with E-state index in [1.54, 1.807) is 24.3 Å². The Morgan fingerprint density at radius 3 is 1.27 bits per heavy atom. The molecule has 0 saturated carbocycles. The number of unbranched alkanes of at least 4 members (excludes halogenated alkanes) is 6. The summed E-state index contributed by atoms with van der Waals surface area (Å²) in [5, 5.41) is 64.3. The molecule has 332 valence electrons. The Bertz CT molecular complexity index is 1680. The first-order chi connectivity index (χ1) is 28.4. The minimum absolute atomic E-state index is 0.0330. The average Bonchev–Trinajstić information content (AvgIpc) is 3.19. The normalized spacial score (nSPS) is 19.7. The monoisotopic (exact) mass is 833 g/mol. The number of benzene rings is 2. The highest BCUT2D eigenvalue weighted by molar-refractivity contribution is 5.54. The Balaban J connectivity index is 1.11. The second kappa shape index (κ2) is 22.0. The van der Waals surface area contributed by atoms with Gasteiger partial charge < -0.3 is 30.6 Å². The van der Waals surface area contributed by atoms with Gasteiger partial charge in [-0.05, 0) is 147 Å². The van der Waals surface area contributed by atoms with Crippen LogP contribution in [0, 0.1) is 16.7 Å². The lowest BCUT2D eigenvalue weighted by Gasteiger charge is -2.33. The molecule has 0 fully saturated rings. The van der Waals surface area contributed by atoms with E-state index in [0.717, 1.165) is 123 Å². The van der Waals surface area contributed by atoms with E-state index >= 15 is 0 Å². The minimum Gasteiger partial charge on any atom is -0.507 e. The molecule has 0 amide bonds. The molecule has 0 aromatic heterocycles. The fraction of sp³-hybridized carbons (Fsp3) is 0.600. The van der Waals surface area contributed by atoms with Gasteiger partial charge in [-0.1, -0.05) is 89.8 Å². The summed E-state index contributed by atoms with van der Waals surface area (Å²) < 4.78 is 0. The highest BCUT2D eigenvalue weighted by Gasteiger charge is 2.34. The van der Waals surface area contributed by atoms with Gasteiger partial charge in [0.1, 0.15) is 27.9 Å². The Labute approximate surface area is 358 Å². The van der Waals surface area contributed by atoms with Crippen LogP contribution in [-0.2, 0) is 20.5 Å². The lowest BCUT2D eigenvalue weighted by atomic mass is 9.72. The van der Waals surface area contributed by atoms with Crippen molar-refractivity contribution >= 4 is 0 Å².